The van der Waals surface area contributed by atoms with Gasteiger partial charge in [-0.05, 0) is 36.1 Å². The van der Waals surface area contributed by atoms with E-state index in [1.165, 1.54) is 12.8 Å². The Balaban J connectivity index is 1.80. The third-order valence-electron chi connectivity index (χ3n) is 4.22. The number of fused-ring (bicyclic) bond motifs is 1. The van der Waals surface area contributed by atoms with Crippen molar-refractivity contribution in [2.24, 2.45) is 11.8 Å². The van der Waals surface area contributed by atoms with E-state index in [0.717, 1.165) is 29.1 Å². The molecule has 1 aliphatic carbocycles. The second kappa shape index (κ2) is 5.72. The van der Waals surface area contributed by atoms with Crippen molar-refractivity contribution in [3.05, 3.63) is 36.0 Å². The van der Waals surface area contributed by atoms with Crippen LogP contribution in [0.1, 0.15) is 30.3 Å². The van der Waals surface area contributed by atoms with Gasteiger partial charge in [-0.2, -0.15) is 0 Å². The van der Waals surface area contributed by atoms with Crippen molar-refractivity contribution in [2.75, 3.05) is 18.9 Å². The molecule has 1 aliphatic rings. The summed E-state index contributed by atoms with van der Waals surface area (Å²) in [7, 11) is 1.83. The lowest BCUT2D eigenvalue weighted by molar-refractivity contribution is 0.0942. The van der Waals surface area contributed by atoms with Crippen molar-refractivity contribution in [3.8, 4) is 0 Å². The second-order valence-corrected chi connectivity index (χ2v) is 5.85. The second-order valence-electron chi connectivity index (χ2n) is 5.85. The van der Waals surface area contributed by atoms with Crippen LogP contribution in [0.4, 0.5) is 5.82 Å². The fraction of sp³-hybridized carbons (Fsp3) is 0.412. The minimum atomic E-state index is -0.0928. The molecule has 1 amide bonds. The lowest BCUT2D eigenvalue weighted by Gasteiger charge is -2.12. The van der Waals surface area contributed by atoms with Gasteiger partial charge in [0.05, 0.1) is 0 Å². The van der Waals surface area contributed by atoms with Gasteiger partial charge in [0.1, 0.15) is 11.5 Å². The van der Waals surface area contributed by atoms with Crippen LogP contribution in [0.25, 0.3) is 10.8 Å². The van der Waals surface area contributed by atoms with Gasteiger partial charge in [0.25, 0.3) is 5.91 Å². The molecule has 4 nitrogen and oxygen atoms in total. The van der Waals surface area contributed by atoms with Gasteiger partial charge < -0.3 is 10.6 Å². The molecule has 0 spiro atoms. The van der Waals surface area contributed by atoms with E-state index in [2.05, 4.69) is 22.5 Å². The molecule has 0 aliphatic heterocycles. The number of carbonyl (C=O) groups excluding carboxylic acids is 1. The Morgan fingerprint density at radius 2 is 2.14 bits per heavy atom. The Hall–Kier alpha value is -2.10. The van der Waals surface area contributed by atoms with Crippen LogP contribution < -0.4 is 10.6 Å². The molecule has 0 saturated heterocycles. The van der Waals surface area contributed by atoms with Gasteiger partial charge in [0.2, 0.25) is 0 Å². The average molecular weight is 283 g/mol. The summed E-state index contributed by atoms with van der Waals surface area (Å²) in [4.78, 5) is 16.7. The van der Waals surface area contributed by atoms with E-state index in [1.54, 1.807) is 0 Å². The van der Waals surface area contributed by atoms with Crippen molar-refractivity contribution in [3.63, 3.8) is 0 Å². The highest BCUT2D eigenvalue weighted by Crippen LogP contribution is 2.36. The third-order valence-corrected chi connectivity index (χ3v) is 4.22. The Kier molecular flexibility index (Phi) is 3.78. The Morgan fingerprint density at radius 3 is 2.86 bits per heavy atom. The number of anilines is 1. The molecule has 2 N–H and O–H groups in total. The summed E-state index contributed by atoms with van der Waals surface area (Å²) in [6.45, 7) is 2.93. The van der Waals surface area contributed by atoms with Crippen molar-refractivity contribution in [1.82, 2.24) is 10.3 Å². The van der Waals surface area contributed by atoms with Gasteiger partial charge in [0, 0.05) is 19.0 Å². The largest absolute Gasteiger partial charge is 0.373 e. The summed E-state index contributed by atoms with van der Waals surface area (Å²) >= 11 is 0. The van der Waals surface area contributed by atoms with E-state index in [-0.39, 0.29) is 5.91 Å². The van der Waals surface area contributed by atoms with Gasteiger partial charge in [0.15, 0.2) is 0 Å². The topological polar surface area (TPSA) is 54.0 Å². The SMILES string of the molecule is CNc1nc(C(=O)NCC(C)C2CC2)cc2ccccc12. The molecule has 1 atom stereocenters. The molecule has 3 rings (SSSR count). The van der Waals surface area contributed by atoms with E-state index in [4.69, 9.17) is 0 Å². The molecular weight excluding hydrogens is 262 g/mol. The van der Waals surface area contributed by atoms with E-state index >= 15 is 0 Å². The van der Waals surface area contributed by atoms with Crippen LogP contribution in [0, 0.1) is 11.8 Å². The molecule has 0 radical (unpaired) electrons. The predicted molar refractivity (Wildman–Crippen MR) is 85.5 cm³/mol. The molecule has 1 saturated carbocycles. The molecule has 0 bridgehead atoms. The number of carbonyl (C=O) groups is 1. The first kappa shape index (κ1) is 13.9. The first-order valence-electron chi connectivity index (χ1n) is 7.55. The monoisotopic (exact) mass is 283 g/mol. The summed E-state index contributed by atoms with van der Waals surface area (Å²) in [6.07, 6.45) is 2.60. The van der Waals surface area contributed by atoms with Crippen molar-refractivity contribution < 1.29 is 4.79 Å². The lowest BCUT2D eigenvalue weighted by atomic mass is 10.1. The summed E-state index contributed by atoms with van der Waals surface area (Å²) in [5, 5.41) is 8.13. The van der Waals surface area contributed by atoms with Gasteiger partial charge in [-0.15, -0.1) is 0 Å². The van der Waals surface area contributed by atoms with Crippen LogP contribution >= 0.6 is 0 Å². The Morgan fingerprint density at radius 1 is 1.38 bits per heavy atom. The van der Waals surface area contributed by atoms with Crippen molar-refractivity contribution >= 4 is 22.5 Å². The van der Waals surface area contributed by atoms with Gasteiger partial charge in [-0.3, -0.25) is 4.79 Å². The standard InChI is InChI=1S/C17H21N3O/c1-11(12-7-8-12)10-19-17(21)15-9-13-5-3-4-6-14(13)16(18-2)20-15/h3-6,9,11-12H,7-8,10H2,1-2H3,(H,18,20)(H,19,21). The molecule has 1 heterocycles. The van der Waals surface area contributed by atoms with E-state index < -0.39 is 0 Å². The molecule has 4 heteroatoms. The first-order chi connectivity index (χ1) is 10.2. The maximum atomic E-state index is 12.3. The number of pyridine rings is 1. The van der Waals surface area contributed by atoms with Crippen molar-refractivity contribution in [2.45, 2.75) is 19.8 Å². The minimum Gasteiger partial charge on any atom is -0.373 e. The molecule has 1 unspecified atom stereocenters. The summed E-state index contributed by atoms with van der Waals surface area (Å²) < 4.78 is 0. The minimum absolute atomic E-state index is 0.0928. The maximum absolute atomic E-state index is 12.3. The first-order valence-corrected chi connectivity index (χ1v) is 7.55. The van der Waals surface area contributed by atoms with E-state index in [1.807, 2.05) is 37.4 Å². The fourth-order valence-electron chi connectivity index (χ4n) is 2.68. The number of amides is 1. The van der Waals surface area contributed by atoms with Gasteiger partial charge >= 0.3 is 0 Å². The number of hydrogen-bond acceptors (Lipinski definition) is 3. The maximum Gasteiger partial charge on any atom is 0.270 e. The molecule has 1 aromatic heterocycles. The molecule has 21 heavy (non-hydrogen) atoms. The van der Waals surface area contributed by atoms with Crippen LogP contribution in [-0.4, -0.2) is 24.5 Å². The van der Waals surface area contributed by atoms with E-state index in [0.29, 0.717) is 11.6 Å². The predicted octanol–water partition coefficient (Wildman–Crippen LogP) is 3.05. The number of benzene rings is 1. The fourth-order valence-corrected chi connectivity index (χ4v) is 2.68. The quantitative estimate of drug-likeness (QED) is 0.886. The lowest BCUT2D eigenvalue weighted by Crippen LogP contribution is -2.29. The normalized spacial score (nSPS) is 15.7. The van der Waals surface area contributed by atoms with Crippen LogP contribution in [0.15, 0.2) is 30.3 Å². The van der Waals surface area contributed by atoms with Gasteiger partial charge in [-0.1, -0.05) is 31.2 Å². The molecule has 1 fully saturated rings. The number of rotatable bonds is 5. The van der Waals surface area contributed by atoms with Crippen molar-refractivity contribution in [1.29, 1.82) is 0 Å². The van der Waals surface area contributed by atoms with E-state index in [9.17, 15) is 4.79 Å². The summed E-state index contributed by atoms with van der Waals surface area (Å²) in [6, 6.07) is 9.81. The Bertz CT molecular complexity index is 664. The molecule has 110 valence electrons. The average Bonchev–Trinajstić information content (AvgIpc) is 3.36. The van der Waals surface area contributed by atoms with Crippen LogP contribution in [0.3, 0.4) is 0 Å². The number of aromatic nitrogens is 1. The van der Waals surface area contributed by atoms with Crippen LogP contribution in [0.5, 0.6) is 0 Å². The molecule has 2 aromatic rings. The number of nitrogens with zero attached hydrogens (tertiary/aromatic N) is 1. The van der Waals surface area contributed by atoms with Crippen LogP contribution in [-0.2, 0) is 0 Å². The number of nitrogens with one attached hydrogen (secondary N) is 2. The zero-order valence-corrected chi connectivity index (χ0v) is 12.5. The summed E-state index contributed by atoms with van der Waals surface area (Å²) in [5.41, 5.74) is 0.473. The zero-order chi connectivity index (χ0) is 14.8. The third kappa shape index (κ3) is 2.99. The smallest absolute Gasteiger partial charge is 0.270 e. The zero-order valence-electron chi connectivity index (χ0n) is 12.5. The highest BCUT2D eigenvalue weighted by Gasteiger charge is 2.28. The highest BCUT2D eigenvalue weighted by molar-refractivity contribution is 6.00. The highest BCUT2D eigenvalue weighted by atomic mass is 16.1. The molecule has 1 aromatic carbocycles. The van der Waals surface area contributed by atoms with Crippen LogP contribution in [0.2, 0.25) is 0 Å². The molecular formula is C17H21N3O. The summed E-state index contributed by atoms with van der Waals surface area (Å²) in [5.74, 6) is 2.00. The number of hydrogen-bond donors (Lipinski definition) is 2. The van der Waals surface area contributed by atoms with Gasteiger partial charge in [-0.25, -0.2) is 4.98 Å². The Labute approximate surface area is 125 Å².